The molecule has 0 radical (unpaired) electrons. The molecule has 0 saturated carbocycles. The Labute approximate surface area is 135 Å². The molecule has 0 aliphatic carbocycles. The number of hydrogen-bond acceptors (Lipinski definition) is 3. The quantitative estimate of drug-likeness (QED) is 0.675. The molecule has 3 aromatic rings. The van der Waals surface area contributed by atoms with Crippen LogP contribution < -0.4 is 4.74 Å². The summed E-state index contributed by atoms with van der Waals surface area (Å²) in [4.78, 5) is 17.3. The number of carbonyl (C=O) groups is 1. The van der Waals surface area contributed by atoms with Crippen molar-refractivity contribution in [1.82, 2.24) is 4.98 Å². The summed E-state index contributed by atoms with van der Waals surface area (Å²) in [5.41, 5.74) is 3.91. The van der Waals surface area contributed by atoms with E-state index in [9.17, 15) is 4.79 Å². The second-order valence-electron chi connectivity index (χ2n) is 5.24. The fourth-order valence-electron chi connectivity index (χ4n) is 2.60. The van der Waals surface area contributed by atoms with Crippen LogP contribution in [0.3, 0.4) is 0 Å². The summed E-state index contributed by atoms with van der Waals surface area (Å²) in [5, 5.41) is 0. The number of carbonyl (C=O) groups excluding carboxylic acids is 1. The summed E-state index contributed by atoms with van der Waals surface area (Å²) in [6.45, 7) is 1.86. The Bertz CT molecular complexity index is 824. The monoisotopic (exact) mass is 303 g/mol. The van der Waals surface area contributed by atoms with E-state index >= 15 is 0 Å². The summed E-state index contributed by atoms with van der Waals surface area (Å²) in [7, 11) is 1.61. The molecule has 0 N–H and O–H groups in total. The predicted molar refractivity (Wildman–Crippen MR) is 90.8 cm³/mol. The van der Waals surface area contributed by atoms with Gasteiger partial charge in [0.1, 0.15) is 5.75 Å². The largest absolute Gasteiger partial charge is 0.497 e. The van der Waals surface area contributed by atoms with Crippen molar-refractivity contribution < 1.29 is 9.53 Å². The molecule has 114 valence electrons. The topological polar surface area (TPSA) is 39.2 Å². The van der Waals surface area contributed by atoms with Crippen LogP contribution in [0.1, 0.15) is 21.6 Å². The standard InChI is InChI=1S/C20H17NO2/c1-14-19(20(22)16-8-10-17(23-2)11-9-16)18(12-13-21-14)15-6-4-3-5-7-15/h3-13H,1-2H3. The Morgan fingerprint density at radius 2 is 1.65 bits per heavy atom. The predicted octanol–water partition coefficient (Wildman–Crippen LogP) is 4.30. The number of methoxy groups -OCH3 is 1. The summed E-state index contributed by atoms with van der Waals surface area (Å²) >= 11 is 0. The molecule has 3 rings (SSSR count). The fourth-order valence-corrected chi connectivity index (χ4v) is 2.60. The van der Waals surface area contributed by atoms with E-state index in [1.54, 1.807) is 37.6 Å². The van der Waals surface area contributed by atoms with Crippen molar-refractivity contribution in [3.05, 3.63) is 83.7 Å². The number of ether oxygens (including phenoxy) is 1. The molecule has 0 aliphatic rings. The Morgan fingerprint density at radius 1 is 0.957 bits per heavy atom. The minimum Gasteiger partial charge on any atom is -0.497 e. The van der Waals surface area contributed by atoms with Crippen molar-refractivity contribution in [2.75, 3.05) is 7.11 Å². The van der Waals surface area contributed by atoms with Gasteiger partial charge in [0, 0.05) is 17.5 Å². The van der Waals surface area contributed by atoms with E-state index in [1.807, 2.05) is 43.3 Å². The third-order valence-corrected chi connectivity index (χ3v) is 3.80. The van der Waals surface area contributed by atoms with Gasteiger partial charge in [-0.15, -0.1) is 0 Å². The molecular weight excluding hydrogens is 286 g/mol. The average molecular weight is 303 g/mol. The number of aromatic nitrogens is 1. The van der Waals surface area contributed by atoms with Crippen molar-refractivity contribution in [1.29, 1.82) is 0 Å². The highest BCUT2D eigenvalue weighted by molar-refractivity contribution is 6.13. The number of rotatable bonds is 4. The first kappa shape index (κ1) is 15.0. The highest BCUT2D eigenvalue weighted by Crippen LogP contribution is 2.27. The number of ketones is 1. The van der Waals surface area contributed by atoms with Crippen LogP contribution in [0.2, 0.25) is 0 Å². The first-order valence-electron chi connectivity index (χ1n) is 7.40. The van der Waals surface area contributed by atoms with E-state index in [4.69, 9.17) is 4.74 Å². The van der Waals surface area contributed by atoms with E-state index in [2.05, 4.69) is 4.98 Å². The van der Waals surface area contributed by atoms with E-state index in [1.165, 1.54) is 0 Å². The average Bonchev–Trinajstić information content (AvgIpc) is 2.62. The van der Waals surface area contributed by atoms with Crippen LogP contribution in [0.4, 0.5) is 0 Å². The van der Waals surface area contributed by atoms with Crippen LogP contribution >= 0.6 is 0 Å². The molecule has 0 unspecified atom stereocenters. The molecule has 0 amide bonds. The molecule has 1 heterocycles. The Morgan fingerprint density at radius 3 is 2.30 bits per heavy atom. The first-order valence-corrected chi connectivity index (χ1v) is 7.40. The third-order valence-electron chi connectivity index (χ3n) is 3.80. The lowest BCUT2D eigenvalue weighted by Gasteiger charge is -2.11. The maximum Gasteiger partial charge on any atom is 0.195 e. The van der Waals surface area contributed by atoms with Crippen LogP contribution in [0.5, 0.6) is 5.75 Å². The van der Waals surface area contributed by atoms with Gasteiger partial charge in [-0.2, -0.15) is 0 Å². The summed E-state index contributed by atoms with van der Waals surface area (Å²) < 4.78 is 5.15. The van der Waals surface area contributed by atoms with E-state index in [0.717, 1.165) is 22.6 Å². The number of aryl methyl sites for hydroxylation is 1. The smallest absolute Gasteiger partial charge is 0.195 e. The molecule has 1 aromatic heterocycles. The highest BCUT2D eigenvalue weighted by Gasteiger charge is 2.18. The zero-order valence-corrected chi connectivity index (χ0v) is 13.1. The number of hydrogen-bond donors (Lipinski definition) is 0. The Kier molecular flexibility index (Phi) is 4.20. The minimum absolute atomic E-state index is 0.0305. The lowest BCUT2D eigenvalue weighted by atomic mass is 9.93. The van der Waals surface area contributed by atoms with Crippen molar-refractivity contribution >= 4 is 5.78 Å². The summed E-state index contributed by atoms with van der Waals surface area (Å²) in [6.07, 6.45) is 1.74. The van der Waals surface area contributed by atoms with E-state index in [0.29, 0.717) is 11.1 Å². The van der Waals surface area contributed by atoms with Crippen LogP contribution in [0.25, 0.3) is 11.1 Å². The van der Waals surface area contributed by atoms with Crippen LogP contribution in [-0.2, 0) is 0 Å². The zero-order chi connectivity index (χ0) is 16.2. The number of pyridine rings is 1. The van der Waals surface area contributed by atoms with Gasteiger partial charge in [0.15, 0.2) is 5.78 Å². The molecule has 0 aliphatic heterocycles. The second-order valence-corrected chi connectivity index (χ2v) is 5.24. The lowest BCUT2D eigenvalue weighted by Crippen LogP contribution is -2.07. The number of nitrogens with zero attached hydrogens (tertiary/aromatic N) is 1. The van der Waals surface area contributed by atoms with E-state index in [-0.39, 0.29) is 5.78 Å². The fraction of sp³-hybridized carbons (Fsp3) is 0.100. The van der Waals surface area contributed by atoms with Crippen molar-refractivity contribution in [2.45, 2.75) is 6.92 Å². The lowest BCUT2D eigenvalue weighted by molar-refractivity contribution is 0.103. The molecule has 0 saturated heterocycles. The maximum absolute atomic E-state index is 13.0. The van der Waals surface area contributed by atoms with Gasteiger partial charge >= 0.3 is 0 Å². The van der Waals surface area contributed by atoms with Gasteiger partial charge in [0.25, 0.3) is 0 Å². The van der Waals surface area contributed by atoms with E-state index < -0.39 is 0 Å². The van der Waals surface area contributed by atoms with Gasteiger partial charge in [0.05, 0.1) is 12.7 Å². The Balaban J connectivity index is 2.09. The van der Waals surface area contributed by atoms with Gasteiger partial charge in [-0.1, -0.05) is 30.3 Å². The molecule has 0 bridgehead atoms. The van der Waals surface area contributed by atoms with Crippen molar-refractivity contribution in [2.24, 2.45) is 0 Å². The molecule has 0 atom stereocenters. The molecule has 2 aromatic carbocycles. The zero-order valence-electron chi connectivity index (χ0n) is 13.1. The van der Waals surface area contributed by atoms with Crippen LogP contribution in [-0.4, -0.2) is 17.9 Å². The van der Waals surface area contributed by atoms with Gasteiger partial charge in [-0.3, -0.25) is 9.78 Å². The van der Waals surface area contributed by atoms with Crippen LogP contribution in [0.15, 0.2) is 66.9 Å². The first-order chi connectivity index (χ1) is 11.2. The summed E-state index contributed by atoms with van der Waals surface area (Å²) in [5.74, 6) is 0.699. The molecule has 3 heteroatoms. The molecular formula is C20H17NO2. The maximum atomic E-state index is 13.0. The SMILES string of the molecule is COc1ccc(C(=O)c2c(-c3ccccc3)ccnc2C)cc1. The minimum atomic E-state index is -0.0305. The van der Waals surface area contributed by atoms with Crippen molar-refractivity contribution in [3.8, 4) is 16.9 Å². The van der Waals surface area contributed by atoms with Gasteiger partial charge in [-0.25, -0.2) is 0 Å². The van der Waals surface area contributed by atoms with Gasteiger partial charge in [-0.05, 0) is 48.4 Å². The normalized spacial score (nSPS) is 10.3. The van der Waals surface area contributed by atoms with Crippen molar-refractivity contribution in [3.63, 3.8) is 0 Å². The van der Waals surface area contributed by atoms with Gasteiger partial charge < -0.3 is 4.74 Å². The number of benzene rings is 2. The highest BCUT2D eigenvalue weighted by atomic mass is 16.5. The second kappa shape index (κ2) is 6.44. The molecule has 3 nitrogen and oxygen atoms in total. The van der Waals surface area contributed by atoms with Gasteiger partial charge in [0.2, 0.25) is 0 Å². The molecule has 0 fully saturated rings. The summed E-state index contributed by atoms with van der Waals surface area (Å²) in [6, 6.07) is 18.9. The third kappa shape index (κ3) is 2.99. The van der Waals surface area contributed by atoms with Crippen LogP contribution in [0, 0.1) is 6.92 Å². The molecule has 23 heavy (non-hydrogen) atoms. The Hall–Kier alpha value is -2.94. The molecule has 0 spiro atoms.